The van der Waals surface area contributed by atoms with E-state index in [2.05, 4.69) is 0 Å². The van der Waals surface area contributed by atoms with E-state index in [9.17, 15) is 14.9 Å². The molecule has 118 valence electrons. The van der Waals surface area contributed by atoms with Crippen molar-refractivity contribution >= 4 is 16.6 Å². The molecular formula is C19H19NO3. The summed E-state index contributed by atoms with van der Waals surface area (Å²) in [6.07, 6.45) is 3.01. The Kier molecular flexibility index (Phi) is 3.40. The van der Waals surface area contributed by atoms with Crippen molar-refractivity contribution in [1.29, 1.82) is 0 Å². The number of nitro groups is 1. The molecule has 2 aliphatic carbocycles. The third-order valence-corrected chi connectivity index (χ3v) is 5.66. The molecule has 0 heterocycles. The van der Waals surface area contributed by atoms with Crippen LogP contribution in [0.3, 0.4) is 0 Å². The molecule has 2 aromatic carbocycles. The lowest BCUT2D eigenvalue weighted by Gasteiger charge is -2.40. The summed E-state index contributed by atoms with van der Waals surface area (Å²) in [5, 5.41) is 13.8. The van der Waals surface area contributed by atoms with Crippen LogP contribution >= 0.6 is 0 Å². The van der Waals surface area contributed by atoms with Gasteiger partial charge in [-0.1, -0.05) is 48.9 Å². The van der Waals surface area contributed by atoms with E-state index < -0.39 is 6.04 Å². The summed E-state index contributed by atoms with van der Waals surface area (Å²) in [5.74, 6) is -0.327. The van der Waals surface area contributed by atoms with Crippen LogP contribution in [0, 0.1) is 22.0 Å². The predicted octanol–water partition coefficient (Wildman–Crippen LogP) is 3.96. The molecule has 23 heavy (non-hydrogen) atoms. The van der Waals surface area contributed by atoms with Gasteiger partial charge in [-0.3, -0.25) is 14.9 Å². The first-order valence-corrected chi connectivity index (χ1v) is 8.31. The molecule has 2 saturated carbocycles. The highest BCUT2D eigenvalue weighted by Gasteiger charge is 2.51. The van der Waals surface area contributed by atoms with Crippen molar-refractivity contribution in [2.75, 3.05) is 0 Å². The fourth-order valence-corrected chi connectivity index (χ4v) is 4.65. The van der Waals surface area contributed by atoms with Gasteiger partial charge in [0, 0.05) is 23.2 Å². The molecule has 2 aliphatic rings. The van der Waals surface area contributed by atoms with E-state index in [1.54, 1.807) is 0 Å². The average Bonchev–Trinajstić information content (AvgIpc) is 2.54. The number of nitrogens with zero attached hydrogens (tertiary/aromatic N) is 1. The lowest BCUT2D eigenvalue weighted by molar-refractivity contribution is -0.532. The maximum atomic E-state index is 12.7. The molecule has 0 aliphatic heterocycles. The third kappa shape index (κ3) is 2.24. The van der Waals surface area contributed by atoms with E-state index in [0.29, 0.717) is 6.42 Å². The van der Waals surface area contributed by atoms with Crippen molar-refractivity contribution in [3.8, 4) is 0 Å². The molecule has 0 aromatic heterocycles. The van der Waals surface area contributed by atoms with Crippen LogP contribution in [-0.2, 0) is 4.79 Å². The Hall–Kier alpha value is -2.23. The van der Waals surface area contributed by atoms with Crippen LogP contribution in [0.2, 0.25) is 0 Å². The number of carbonyl (C=O) groups is 1. The van der Waals surface area contributed by atoms with Crippen LogP contribution in [0.5, 0.6) is 0 Å². The zero-order valence-electron chi connectivity index (χ0n) is 12.9. The van der Waals surface area contributed by atoms with Crippen LogP contribution in [0.1, 0.15) is 37.2 Å². The molecule has 4 atom stereocenters. The smallest absolute Gasteiger partial charge is 0.221 e. The van der Waals surface area contributed by atoms with Crippen LogP contribution in [0.25, 0.3) is 10.8 Å². The van der Waals surface area contributed by atoms with Gasteiger partial charge in [0.05, 0.1) is 5.92 Å². The average molecular weight is 309 g/mol. The molecule has 2 bridgehead atoms. The zero-order chi connectivity index (χ0) is 16.0. The van der Waals surface area contributed by atoms with Crippen LogP contribution in [-0.4, -0.2) is 16.7 Å². The van der Waals surface area contributed by atoms with Gasteiger partial charge in [-0.25, -0.2) is 0 Å². The number of rotatable bonds is 2. The Bertz CT molecular complexity index is 778. The maximum Gasteiger partial charge on any atom is 0.221 e. The second-order valence-electron chi connectivity index (χ2n) is 6.82. The Morgan fingerprint density at radius 1 is 1.04 bits per heavy atom. The van der Waals surface area contributed by atoms with E-state index in [-0.39, 0.29) is 28.5 Å². The monoisotopic (exact) mass is 309 g/mol. The summed E-state index contributed by atoms with van der Waals surface area (Å²) in [5.41, 5.74) is 0.975. The molecule has 4 rings (SSSR count). The minimum absolute atomic E-state index is 0.102. The number of carbonyl (C=O) groups excluding carboxylic acids is 1. The van der Waals surface area contributed by atoms with Crippen LogP contribution in [0.15, 0.2) is 42.5 Å². The largest absolute Gasteiger partial charge is 0.299 e. The number of fused-ring (bicyclic) bond motifs is 3. The van der Waals surface area contributed by atoms with E-state index in [4.69, 9.17) is 0 Å². The number of benzene rings is 2. The summed E-state index contributed by atoms with van der Waals surface area (Å²) in [6, 6.07) is 13.3. The Balaban J connectivity index is 1.88. The van der Waals surface area contributed by atoms with Crippen molar-refractivity contribution in [3.05, 3.63) is 58.1 Å². The molecule has 0 amide bonds. The highest BCUT2D eigenvalue weighted by Crippen LogP contribution is 2.47. The van der Waals surface area contributed by atoms with Gasteiger partial charge in [0.15, 0.2) is 0 Å². The molecule has 0 radical (unpaired) electrons. The summed E-state index contributed by atoms with van der Waals surface area (Å²) in [4.78, 5) is 24.2. The van der Waals surface area contributed by atoms with Gasteiger partial charge in [0.1, 0.15) is 5.78 Å². The van der Waals surface area contributed by atoms with Gasteiger partial charge >= 0.3 is 0 Å². The lowest BCUT2D eigenvalue weighted by atomic mass is 9.61. The number of hydrogen-bond donors (Lipinski definition) is 0. The summed E-state index contributed by atoms with van der Waals surface area (Å²) >= 11 is 0. The molecule has 0 unspecified atom stereocenters. The topological polar surface area (TPSA) is 60.2 Å². The van der Waals surface area contributed by atoms with Crippen molar-refractivity contribution in [3.63, 3.8) is 0 Å². The molecule has 0 saturated heterocycles. The Labute approximate surface area is 134 Å². The van der Waals surface area contributed by atoms with Crippen LogP contribution in [0.4, 0.5) is 0 Å². The second kappa shape index (κ2) is 5.44. The molecule has 0 spiro atoms. The van der Waals surface area contributed by atoms with Gasteiger partial charge in [-0.05, 0) is 29.2 Å². The lowest BCUT2D eigenvalue weighted by Crippen LogP contribution is -2.47. The van der Waals surface area contributed by atoms with Gasteiger partial charge in [0.25, 0.3) is 0 Å². The molecule has 2 fully saturated rings. The highest BCUT2D eigenvalue weighted by atomic mass is 16.6. The summed E-state index contributed by atoms with van der Waals surface area (Å²) in [7, 11) is 0. The van der Waals surface area contributed by atoms with Crippen molar-refractivity contribution in [2.45, 2.75) is 37.6 Å². The number of hydrogen-bond acceptors (Lipinski definition) is 3. The van der Waals surface area contributed by atoms with Gasteiger partial charge < -0.3 is 0 Å². The van der Waals surface area contributed by atoms with Gasteiger partial charge in [-0.15, -0.1) is 0 Å². The van der Waals surface area contributed by atoms with Crippen molar-refractivity contribution < 1.29 is 9.72 Å². The molecule has 2 aromatic rings. The molecular weight excluding hydrogens is 290 g/mol. The minimum Gasteiger partial charge on any atom is -0.299 e. The zero-order valence-corrected chi connectivity index (χ0v) is 12.9. The highest BCUT2D eigenvalue weighted by molar-refractivity contribution is 5.90. The van der Waals surface area contributed by atoms with E-state index in [0.717, 1.165) is 35.6 Å². The first-order valence-electron chi connectivity index (χ1n) is 8.31. The Morgan fingerprint density at radius 3 is 2.65 bits per heavy atom. The summed E-state index contributed by atoms with van der Waals surface area (Å²) in [6.45, 7) is 0. The fraction of sp³-hybridized carbons (Fsp3) is 0.421. The van der Waals surface area contributed by atoms with Crippen molar-refractivity contribution in [2.24, 2.45) is 11.8 Å². The Morgan fingerprint density at radius 2 is 1.83 bits per heavy atom. The standard InChI is InChI=1S/C19H19NO3/c21-19-13-7-4-10-16(19)18(17(11-13)20(22)23)15-9-3-6-12-5-1-2-8-14(12)15/h1-3,5-6,8-9,13,16-18H,4,7,10-11H2/t13-,16+,17+,18+/m1/s1. The van der Waals surface area contributed by atoms with Crippen molar-refractivity contribution in [1.82, 2.24) is 0 Å². The SMILES string of the molecule is O=C1[C@@H]2CCC[C@H]1[C@H](c1cccc3ccccc13)[C@@H]([N+](=O)[O-])C2. The molecule has 4 nitrogen and oxygen atoms in total. The quantitative estimate of drug-likeness (QED) is 0.623. The second-order valence-corrected chi connectivity index (χ2v) is 6.82. The van der Waals surface area contributed by atoms with E-state index >= 15 is 0 Å². The van der Waals surface area contributed by atoms with Crippen LogP contribution < -0.4 is 0 Å². The van der Waals surface area contributed by atoms with Gasteiger partial charge in [0.2, 0.25) is 6.04 Å². The number of ketones is 1. The molecule has 4 heteroatoms. The normalized spacial score (nSPS) is 30.3. The first kappa shape index (κ1) is 14.4. The third-order valence-electron chi connectivity index (χ3n) is 5.66. The fourth-order valence-electron chi connectivity index (χ4n) is 4.65. The maximum absolute atomic E-state index is 12.7. The van der Waals surface area contributed by atoms with E-state index in [1.165, 1.54) is 0 Å². The van der Waals surface area contributed by atoms with Gasteiger partial charge in [-0.2, -0.15) is 0 Å². The minimum atomic E-state index is -0.645. The molecule has 0 N–H and O–H groups in total. The van der Waals surface area contributed by atoms with E-state index in [1.807, 2.05) is 42.5 Å². The first-order chi connectivity index (χ1) is 11.2. The summed E-state index contributed by atoms with van der Waals surface area (Å²) < 4.78 is 0. The number of Topliss-reactive ketones (excluding diaryl/α,β-unsaturated/α-hetero) is 1. The predicted molar refractivity (Wildman–Crippen MR) is 87.9 cm³/mol.